The van der Waals surface area contributed by atoms with Gasteiger partial charge in [0.1, 0.15) is 23.4 Å². The summed E-state index contributed by atoms with van der Waals surface area (Å²) in [6, 6.07) is 11.0. The van der Waals surface area contributed by atoms with Gasteiger partial charge < -0.3 is 34.3 Å². The van der Waals surface area contributed by atoms with E-state index in [2.05, 4.69) is 6.92 Å². The molecule has 43 heavy (non-hydrogen) atoms. The van der Waals surface area contributed by atoms with Crippen molar-refractivity contribution in [3.63, 3.8) is 0 Å². The number of phenols is 2. The van der Waals surface area contributed by atoms with Crippen LogP contribution in [0.15, 0.2) is 36.4 Å². The molecular weight excluding hydrogens is 544 g/mol. The van der Waals surface area contributed by atoms with Crippen LogP contribution < -0.4 is 18.9 Å². The molecule has 3 aromatic rings. The topological polar surface area (TPSA) is 97.6 Å². The molecule has 6 rings (SSSR count). The number of aromatic hydroxyl groups is 2. The van der Waals surface area contributed by atoms with Crippen molar-refractivity contribution in [2.24, 2.45) is 0 Å². The number of fused-ring (bicyclic) bond motifs is 5. The van der Waals surface area contributed by atoms with Crippen LogP contribution in [0.2, 0.25) is 0 Å². The predicted octanol–water partition coefficient (Wildman–Crippen LogP) is 7.75. The maximum Gasteiger partial charge on any atom is 0.200 e. The molecule has 3 unspecified atom stereocenters. The van der Waals surface area contributed by atoms with Crippen molar-refractivity contribution in [2.75, 3.05) is 14.2 Å². The standard InChI is InChI=1S/C36H44O7/c1-4-5-7-12-27-33-26-15-13-21-17-23(37)14-16-25(21)32(26)28(40-2)20-29(33)43-36(34(27)38)22-18-30(41-3)35(39)31(19-22)42-24-10-8-6-9-11-24/h14,16-20,24,27,34,36-39H,4-13,15H2,1-3H3. The number of aryl methyl sites for hydroxylation is 1. The number of hydrogen-bond donors (Lipinski definition) is 3. The first-order valence-electron chi connectivity index (χ1n) is 15.9. The highest BCUT2D eigenvalue weighted by Crippen LogP contribution is 2.54. The number of benzene rings is 3. The Morgan fingerprint density at radius 3 is 2.40 bits per heavy atom. The van der Waals surface area contributed by atoms with Crippen molar-refractivity contribution in [2.45, 2.75) is 102 Å². The molecule has 3 atom stereocenters. The van der Waals surface area contributed by atoms with E-state index in [-0.39, 0.29) is 23.5 Å². The monoisotopic (exact) mass is 588 g/mol. The molecule has 0 amide bonds. The van der Waals surface area contributed by atoms with E-state index in [0.717, 1.165) is 97.8 Å². The second-order valence-corrected chi connectivity index (χ2v) is 12.3. The van der Waals surface area contributed by atoms with Gasteiger partial charge in [0.15, 0.2) is 17.6 Å². The Labute approximate surface area is 254 Å². The van der Waals surface area contributed by atoms with Crippen molar-refractivity contribution in [3.8, 4) is 45.6 Å². The van der Waals surface area contributed by atoms with Gasteiger partial charge in [-0.15, -0.1) is 0 Å². The zero-order valence-electron chi connectivity index (χ0n) is 25.5. The van der Waals surface area contributed by atoms with Gasteiger partial charge in [-0.3, -0.25) is 0 Å². The largest absolute Gasteiger partial charge is 0.508 e. The summed E-state index contributed by atoms with van der Waals surface area (Å²) in [7, 11) is 3.20. The summed E-state index contributed by atoms with van der Waals surface area (Å²) >= 11 is 0. The normalized spacial score (nSPS) is 21.3. The Hall–Kier alpha value is -3.58. The fourth-order valence-corrected chi connectivity index (χ4v) is 7.37. The van der Waals surface area contributed by atoms with E-state index < -0.39 is 12.2 Å². The summed E-state index contributed by atoms with van der Waals surface area (Å²) in [5.74, 6) is 2.19. The quantitative estimate of drug-likeness (QED) is 0.220. The molecular formula is C36H44O7. The highest BCUT2D eigenvalue weighted by molar-refractivity contribution is 5.82. The van der Waals surface area contributed by atoms with E-state index in [1.54, 1.807) is 19.2 Å². The zero-order valence-corrected chi connectivity index (χ0v) is 25.5. The molecule has 1 saturated carbocycles. The molecule has 3 aliphatic rings. The Morgan fingerprint density at radius 1 is 0.884 bits per heavy atom. The summed E-state index contributed by atoms with van der Waals surface area (Å²) in [6.45, 7) is 2.19. The molecule has 3 aromatic carbocycles. The van der Waals surface area contributed by atoms with Crippen LogP contribution in [0.4, 0.5) is 0 Å². The van der Waals surface area contributed by atoms with Crippen LogP contribution in [0, 0.1) is 0 Å². The lowest BCUT2D eigenvalue weighted by Gasteiger charge is -2.40. The van der Waals surface area contributed by atoms with Crippen molar-refractivity contribution in [3.05, 3.63) is 58.7 Å². The first-order valence-corrected chi connectivity index (χ1v) is 15.9. The molecule has 3 N–H and O–H groups in total. The van der Waals surface area contributed by atoms with Crippen LogP contribution in [0.1, 0.15) is 99.0 Å². The van der Waals surface area contributed by atoms with Gasteiger partial charge in [-0.25, -0.2) is 0 Å². The van der Waals surface area contributed by atoms with E-state index >= 15 is 0 Å². The van der Waals surface area contributed by atoms with Gasteiger partial charge >= 0.3 is 0 Å². The summed E-state index contributed by atoms with van der Waals surface area (Å²) in [6.07, 6.45) is 9.41. The molecule has 1 fully saturated rings. The molecule has 0 spiro atoms. The number of ether oxygens (including phenoxy) is 4. The number of hydrogen-bond acceptors (Lipinski definition) is 7. The Morgan fingerprint density at radius 2 is 1.65 bits per heavy atom. The summed E-state index contributed by atoms with van der Waals surface area (Å²) in [5.41, 5.74) is 6.07. The molecule has 230 valence electrons. The summed E-state index contributed by atoms with van der Waals surface area (Å²) in [4.78, 5) is 0. The average Bonchev–Trinajstić information content (AvgIpc) is 3.02. The SMILES string of the molecule is CCCCCC1c2c(cc(OC)c3c2CCc2cc(O)ccc2-3)OC(c2cc(OC)c(O)c(OC3CCCCC3)c2)C1O. The van der Waals surface area contributed by atoms with E-state index in [1.807, 2.05) is 24.3 Å². The van der Waals surface area contributed by atoms with E-state index in [0.29, 0.717) is 22.8 Å². The molecule has 1 aliphatic heterocycles. The van der Waals surface area contributed by atoms with Gasteiger partial charge in [0.2, 0.25) is 5.75 Å². The number of aliphatic hydroxyl groups excluding tert-OH is 1. The number of rotatable bonds is 9. The van der Waals surface area contributed by atoms with E-state index in [4.69, 9.17) is 18.9 Å². The first kappa shape index (κ1) is 29.5. The van der Waals surface area contributed by atoms with Crippen LogP contribution in [0.3, 0.4) is 0 Å². The highest BCUT2D eigenvalue weighted by Gasteiger charge is 2.42. The van der Waals surface area contributed by atoms with Crippen molar-refractivity contribution < 1.29 is 34.3 Å². The third-order valence-electron chi connectivity index (χ3n) is 9.55. The summed E-state index contributed by atoms with van der Waals surface area (Å²) < 4.78 is 24.5. The molecule has 0 aromatic heterocycles. The maximum atomic E-state index is 12.1. The minimum absolute atomic E-state index is 0.0255. The summed E-state index contributed by atoms with van der Waals surface area (Å²) in [5, 5.41) is 33.2. The van der Waals surface area contributed by atoms with Gasteiger partial charge in [0.25, 0.3) is 0 Å². The Balaban J connectivity index is 1.45. The van der Waals surface area contributed by atoms with E-state index in [9.17, 15) is 15.3 Å². The third kappa shape index (κ3) is 5.60. The van der Waals surface area contributed by atoms with Crippen molar-refractivity contribution in [1.82, 2.24) is 0 Å². The lowest BCUT2D eigenvalue weighted by Crippen LogP contribution is -2.36. The van der Waals surface area contributed by atoms with Crippen molar-refractivity contribution >= 4 is 0 Å². The molecule has 1 heterocycles. The number of unbranched alkanes of at least 4 members (excludes halogenated alkanes) is 2. The molecule has 0 saturated heterocycles. The zero-order chi connectivity index (χ0) is 30.1. The predicted molar refractivity (Wildman–Crippen MR) is 166 cm³/mol. The number of aliphatic hydroxyl groups is 1. The molecule has 7 heteroatoms. The lowest BCUT2D eigenvalue weighted by atomic mass is 9.74. The fourth-order valence-electron chi connectivity index (χ4n) is 7.37. The molecule has 7 nitrogen and oxygen atoms in total. The average molecular weight is 589 g/mol. The van der Waals surface area contributed by atoms with Crippen LogP contribution >= 0.6 is 0 Å². The Kier molecular flexibility index (Phi) is 8.62. The first-order chi connectivity index (χ1) is 20.9. The van der Waals surface area contributed by atoms with Crippen molar-refractivity contribution in [1.29, 1.82) is 0 Å². The van der Waals surface area contributed by atoms with Gasteiger partial charge in [-0.05, 0) is 85.9 Å². The molecule has 0 radical (unpaired) electrons. The number of phenolic OH excluding ortho intramolecular Hbond substituents is 2. The minimum atomic E-state index is -0.820. The lowest BCUT2D eigenvalue weighted by molar-refractivity contribution is -0.00362. The smallest absolute Gasteiger partial charge is 0.200 e. The van der Waals surface area contributed by atoms with Gasteiger partial charge in [-0.1, -0.05) is 38.7 Å². The van der Waals surface area contributed by atoms with Gasteiger partial charge in [0.05, 0.1) is 20.3 Å². The fraction of sp³-hybridized carbons (Fsp3) is 0.500. The maximum absolute atomic E-state index is 12.1. The van der Waals surface area contributed by atoms with Gasteiger partial charge in [0, 0.05) is 28.7 Å². The van der Waals surface area contributed by atoms with Crippen LogP contribution in [-0.4, -0.2) is 41.7 Å². The van der Waals surface area contributed by atoms with Crippen LogP contribution in [0.5, 0.6) is 34.5 Å². The van der Waals surface area contributed by atoms with Crippen LogP contribution in [0.25, 0.3) is 11.1 Å². The van der Waals surface area contributed by atoms with Gasteiger partial charge in [-0.2, -0.15) is 0 Å². The number of methoxy groups -OCH3 is 2. The third-order valence-corrected chi connectivity index (χ3v) is 9.55. The molecule has 0 bridgehead atoms. The minimum Gasteiger partial charge on any atom is -0.508 e. The van der Waals surface area contributed by atoms with Crippen LogP contribution in [-0.2, 0) is 12.8 Å². The highest BCUT2D eigenvalue weighted by atomic mass is 16.5. The second kappa shape index (κ2) is 12.6. The molecule has 2 aliphatic carbocycles. The second-order valence-electron chi connectivity index (χ2n) is 12.3. The Bertz CT molecular complexity index is 1460. The van der Waals surface area contributed by atoms with E-state index in [1.165, 1.54) is 13.5 Å².